The van der Waals surface area contributed by atoms with Crippen LogP contribution in [-0.2, 0) is 0 Å². The van der Waals surface area contributed by atoms with E-state index in [0.717, 1.165) is 12.8 Å². The number of hydrogen-bond acceptors (Lipinski definition) is 3. The van der Waals surface area contributed by atoms with Gasteiger partial charge in [-0.3, -0.25) is 0 Å². The quantitative estimate of drug-likeness (QED) is 0.795. The summed E-state index contributed by atoms with van der Waals surface area (Å²) in [5, 5.41) is 9.09. The van der Waals surface area contributed by atoms with Crippen LogP contribution in [0.25, 0.3) is 0 Å². The Kier molecular flexibility index (Phi) is 3.20. The van der Waals surface area contributed by atoms with Gasteiger partial charge in [0.2, 0.25) is 6.79 Å². The van der Waals surface area contributed by atoms with Gasteiger partial charge in [-0.25, -0.2) is 4.79 Å². The summed E-state index contributed by atoms with van der Waals surface area (Å²) in [5.74, 6) is 5.77. The highest BCUT2D eigenvalue weighted by Crippen LogP contribution is 2.37. The Morgan fingerprint density at radius 3 is 3.00 bits per heavy atom. The van der Waals surface area contributed by atoms with Crippen LogP contribution in [0.4, 0.5) is 0 Å². The first-order valence-corrected chi connectivity index (χ1v) is 5.38. The van der Waals surface area contributed by atoms with Crippen LogP contribution in [0.15, 0.2) is 12.1 Å². The van der Waals surface area contributed by atoms with E-state index in [1.807, 2.05) is 6.92 Å². The molecule has 1 heterocycles. The number of aromatic carboxylic acids is 1. The van der Waals surface area contributed by atoms with Crippen LogP contribution in [0.5, 0.6) is 11.5 Å². The molecule has 0 spiro atoms. The van der Waals surface area contributed by atoms with Crippen LogP contribution in [0.3, 0.4) is 0 Å². The van der Waals surface area contributed by atoms with E-state index in [9.17, 15) is 4.79 Å². The van der Waals surface area contributed by atoms with Crippen molar-refractivity contribution in [2.24, 2.45) is 0 Å². The third kappa shape index (κ3) is 2.18. The molecular formula is C13H12O4. The standard InChI is InChI=1S/C13H12O4/c1-2-3-4-5-9-10(13(14)15)6-7-11-12(9)17-8-16-11/h6-7H,2-3,8H2,1H3,(H,14,15). The molecule has 0 fully saturated rings. The average Bonchev–Trinajstić information content (AvgIpc) is 2.77. The maximum atomic E-state index is 11.1. The largest absolute Gasteiger partial charge is 0.478 e. The van der Waals surface area contributed by atoms with E-state index in [1.54, 1.807) is 6.07 Å². The molecule has 1 aromatic carbocycles. The van der Waals surface area contributed by atoms with Crippen molar-refractivity contribution in [3.8, 4) is 23.3 Å². The van der Waals surface area contributed by atoms with Crippen molar-refractivity contribution in [3.63, 3.8) is 0 Å². The molecule has 0 aliphatic carbocycles. The van der Waals surface area contributed by atoms with Gasteiger partial charge in [0.25, 0.3) is 0 Å². The summed E-state index contributed by atoms with van der Waals surface area (Å²) in [6.07, 6.45) is 1.66. The molecule has 4 heteroatoms. The zero-order valence-corrected chi connectivity index (χ0v) is 9.45. The molecule has 1 aliphatic heterocycles. The van der Waals surface area contributed by atoms with Crippen molar-refractivity contribution in [2.45, 2.75) is 19.8 Å². The van der Waals surface area contributed by atoms with E-state index in [-0.39, 0.29) is 12.4 Å². The lowest BCUT2D eigenvalue weighted by Crippen LogP contribution is -2.01. The van der Waals surface area contributed by atoms with Gasteiger partial charge in [-0.05, 0) is 18.6 Å². The smallest absolute Gasteiger partial charge is 0.337 e. The molecule has 1 aliphatic rings. The van der Waals surface area contributed by atoms with Crippen molar-refractivity contribution >= 4 is 5.97 Å². The number of fused-ring (bicyclic) bond motifs is 1. The maximum absolute atomic E-state index is 11.1. The van der Waals surface area contributed by atoms with Crippen LogP contribution < -0.4 is 9.47 Å². The zero-order chi connectivity index (χ0) is 12.3. The minimum absolute atomic E-state index is 0.112. The number of rotatable bonds is 2. The van der Waals surface area contributed by atoms with Crippen LogP contribution in [-0.4, -0.2) is 17.9 Å². The van der Waals surface area contributed by atoms with Gasteiger partial charge in [0.15, 0.2) is 11.5 Å². The van der Waals surface area contributed by atoms with Gasteiger partial charge in [0.05, 0.1) is 11.1 Å². The first kappa shape index (κ1) is 11.3. The number of carbonyl (C=O) groups is 1. The second kappa shape index (κ2) is 4.79. The van der Waals surface area contributed by atoms with Crippen molar-refractivity contribution < 1.29 is 19.4 Å². The van der Waals surface area contributed by atoms with Crippen LogP contribution in [0.1, 0.15) is 35.7 Å². The van der Waals surface area contributed by atoms with Gasteiger partial charge in [-0.1, -0.05) is 18.8 Å². The van der Waals surface area contributed by atoms with Gasteiger partial charge < -0.3 is 14.6 Å². The molecule has 88 valence electrons. The number of hydrogen-bond donors (Lipinski definition) is 1. The zero-order valence-electron chi connectivity index (χ0n) is 9.45. The maximum Gasteiger partial charge on any atom is 0.337 e. The van der Waals surface area contributed by atoms with Crippen molar-refractivity contribution in [2.75, 3.05) is 6.79 Å². The minimum atomic E-state index is -1.01. The Bertz CT molecular complexity index is 508. The molecule has 0 amide bonds. The van der Waals surface area contributed by atoms with Crippen LogP contribution in [0.2, 0.25) is 0 Å². The molecule has 0 radical (unpaired) electrons. The summed E-state index contributed by atoms with van der Waals surface area (Å²) in [7, 11) is 0. The summed E-state index contributed by atoms with van der Waals surface area (Å²) in [5.41, 5.74) is 0.554. The molecule has 0 aromatic heterocycles. The lowest BCUT2D eigenvalue weighted by atomic mass is 10.1. The van der Waals surface area contributed by atoms with E-state index >= 15 is 0 Å². The predicted molar refractivity (Wildman–Crippen MR) is 61.3 cm³/mol. The highest BCUT2D eigenvalue weighted by atomic mass is 16.7. The summed E-state index contributed by atoms with van der Waals surface area (Å²) in [6.45, 7) is 2.13. The number of benzene rings is 1. The molecule has 17 heavy (non-hydrogen) atoms. The Hall–Kier alpha value is -2.15. The molecule has 0 atom stereocenters. The Balaban J connectivity index is 2.49. The second-order valence-electron chi connectivity index (χ2n) is 3.58. The van der Waals surface area contributed by atoms with E-state index in [4.69, 9.17) is 14.6 Å². The molecule has 0 bridgehead atoms. The van der Waals surface area contributed by atoms with Crippen LogP contribution in [0, 0.1) is 11.8 Å². The first-order valence-electron chi connectivity index (χ1n) is 5.38. The lowest BCUT2D eigenvalue weighted by molar-refractivity contribution is 0.0696. The number of ether oxygens (including phenoxy) is 2. The highest BCUT2D eigenvalue weighted by Gasteiger charge is 2.22. The Labute approximate surface area is 99.2 Å². The fraction of sp³-hybridized carbons (Fsp3) is 0.308. The third-order valence-corrected chi connectivity index (χ3v) is 2.36. The van der Waals surface area contributed by atoms with Gasteiger partial charge >= 0.3 is 5.97 Å². The topological polar surface area (TPSA) is 55.8 Å². The fourth-order valence-corrected chi connectivity index (χ4v) is 1.55. The summed E-state index contributed by atoms with van der Waals surface area (Å²) < 4.78 is 10.5. The Morgan fingerprint density at radius 1 is 1.47 bits per heavy atom. The predicted octanol–water partition coefficient (Wildman–Crippen LogP) is 2.27. The molecule has 1 aromatic rings. The molecule has 0 saturated carbocycles. The number of carboxylic acid groups (broad SMARTS) is 1. The first-order chi connectivity index (χ1) is 8.24. The third-order valence-electron chi connectivity index (χ3n) is 2.36. The van der Waals surface area contributed by atoms with E-state index in [1.165, 1.54) is 6.07 Å². The molecule has 0 unspecified atom stereocenters. The van der Waals surface area contributed by atoms with E-state index < -0.39 is 5.97 Å². The van der Waals surface area contributed by atoms with Gasteiger partial charge in [-0.2, -0.15) is 0 Å². The lowest BCUT2D eigenvalue weighted by Gasteiger charge is -2.03. The fourth-order valence-electron chi connectivity index (χ4n) is 1.55. The van der Waals surface area contributed by atoms with E-state index in [2.05, 4.69) is 11.8 Å². The summed E-state index contributed by atoms with van der Waals surface area (Å²) in [6, 6.07) is 3.09. The highest BCUT2D eigenvalue weighted by molar-refractivity contribution is 5.92. The van der Waals surface area contributed by atoms with Crippen molar-refractivity contribution in [3.05, 3.63) is 23.3 Å². The minimum Gasteiger partial charge on any atom is -0.478 e. The summed E-state index contributed by atoms with van der Waals surface area (Å²) >= 11 is 0. The molecular weight excluding hydrogens is 220 g/mol. The van der Waals surface area contributed by atoms with Gasteiger partial charge in [0.1, 0.15) is 0 Å². The summed E-state index contributed by atoms with van der Waals surface area (Å²) in [4.78, 5) is 11.1. The normalized spacial score (nSPS) is 11.8. The average molecular weight is 232 g/mol. The molecule has 1 N–H and O–H groups in total. The second-order valence-corrected chi connectivity index (χ2v) is 3.58. The van der Waals surface area contributed by atoms with Crippen molar-refractivity contribution in [1.29, 1.82) is 0 Å². The number of carboxylic acids is 1. The van der Waals surface area contributed by atoms with Crippen molar-refractivity contribution in [1.82, 2.24) is 0 Å². The monoisotopic (exact) mass is 232 g/mol. The van der Waals surface area contributed by atoms with Gasteiger partial charge in [0, 0.05) is 6.42 Å². The van der Waals surface area contributed by atoms with Crippen LogP contribution >= 0.6 is 0 Å². The van der Waals surface area contributed by atoms with Gasteiger partial charge in [-0.15, -0.1) is 0 Å². The Morgan fingerprint density at radius 2 is 2.29 bits per heavy atom. The molecule has 2 rings (SSSR count). The molecule has 0 saturated heterocycles. The molecule has 4 nitrogen and oxygen atoms in total. The van der Waals surface area contributed by atoms with E-state index in [0.29, 0.717) is 17.1 Å². The number of unbranched alkanes of at least 4 members (excludes halogenated alkanes) is 1. The SMILES string of the molecule is CCCC#Cc1c(C(=O)O)ccc2c1OCO2.